The zero-order valence-electron chi connectivity index (χ0n) is 10.2. The molecule has 0 aliphatic heterocycles. The molecule has 0 saturated heterocycles. The Balaban J connectivity index is 1.98. The van der Waals surface area contributed by atoms with E-state index in [0.717, 1.165) is 11.3 Å². The molecule has 2 rings (SSSR count). The number of carboxylic acid groups (broad SMARTS) is 1. The molecular weight excluding hydrogens is 268 g/mol. The number of carbonyl (C=O) groups is 1. The third-order valence-corrected chi connectivity index (χ3v) is 3.34. The molecule has 7 nitrogen and oxygen atoms in total. The van der Waals surface area contributed by atoms with Crippen LogP contribution in [0.25, 0.3) is 0 Å². The van der Waals surface area contributed by atoms with Gasteiger partial charge in [-0.05, 0) is 28.1 Å². The Morgan fingerprint density at radius 3 is 2.79 bits per heavy atom. The van der Waals surface area contributed by atoms with Crippen LogP contribution >= 0.6 is 11.8 Å². The van der Waals surface area contributed by atoms with Crippen molar-refractivity contribution in [2.24, 2.45) is 0 Å². The molecular formula is C11H12N4O3S. The maximum Gasteiger partial charge on any atom is 0.325 e. The average Bonchev–Trinajstić information content (AvgIpc) is 2.83. The third kappa shape index (κ3) is 3.68. The molecule has 8 heteroatoms. The number of methoxy groups -OCH3 is 1. The molecule has 0 bridgehead atoms. The topological polar surface area (TPSA) is 90.1 Å². The highest BCUT2D eigenvalue weighted by Gasteiger charge is 2.10. The van der Waals surface area contributed by atoms with Gasteiger partial charge in [0.15, 0.2) is 0 Å². The summed E-state index contributed by atoms with van der Waals surface area (Å²) in [5.41, 5.74) is 1.08. The van der Waals surface area contributed by atoms with Crippen molar-refractivity contribution in [3.05, 3.63) is 29.8 Å². The van der Waals surface area contributed by atoms with Gasteiger partial charge in [0.25, 0.3) is 0 Å². The molecule has 1 N–H and O–H groups in total. The Hall–Kier alpha value is -2.09. The van der Waals surface area contributed by atoms with Crippen LogP contribution < -0.4 is 4.74 Å². The number of hydrogen-bond acceptors (Lipinski definition) is 6. The largest absolute Gasteiger partial charge is 0.497 e. The zero-order chi connectivity index (χ0) is 13.7. The summed E-state index contributed by atoms with van der Waals surface area (Å²) in [5.74, 6) is 0.479. The van der Waals surface area contributed by atoms with Gasteiger partial charge in [-0.15, -0.1) is 5.10 Å². The maximum atomic E-state index is 10.6. The molecule has 0 aliphatic rings. The van der Waals surface area contributed by atoms with E-state index in [4.69, 9.17) is 9.84 Å². The number of benzene rings is 1. The van der Waals surface area contributed by atoms with Gasteiger partial charge >= 0.3 is 5.97 Å². The van der Waals surface area contributed by atoms with Crippen molar-refractivity contribution >= 4 is 17.7 Å². The molecule has 0 atom stereocenters. The highest BCUT2D eigenvalue weighted by molar-refractivity contribution is 7.98. The number of tetrazole rings is 1. The van der Waals surface area contributed by atoms with Crippen LogP contribution in [0.2, 0.25) is 0 Å². The molecule has 0 saturated carbocycles. The third-order valence-electron chi connectivity index (χ3n) is 2.31. The van der Waals surface area contributed by atoms with Crippen LogP contribution in [0.4, 0.5) is 0 Å². The number of nitrogens with zero attached hydrogens (tertiary/aromatic N) is 4. The number of ether oxygens (including phenoxy) is 1. The summed E-state index contributed by atoms with van der Waals surface area (Å²) in [4.78, 5) is 10.6. The molecule has 0 fully saturated rings. The van der Waals surface area contributed by atoms with Gasteiger partial charge in [-0.1, -0.05) is 23.9 Å². The lowest BCUT2D eigenvalue weighted by Crippen LogP contribution is -2.11. The summed E-state index contributed by atoms with van der Waals surface area (Å²) in [6.07, 6.45) is 0. The maximum absolute atomic E-state index is 10.6. The number of thioether (sulfide) groups is 1. The predicted octanol–water partition coefficient (Wildman–Crippen LogP) is 1.06. The van der Waals surface area contributed by atoms with E-state index in [1.807, 2.05) is 24.3 Å². The standard InChI is InChI=1S/C11H12N4O3S/c1-18-9-4-2-8(3-5-9)7-19-11-12-13-14-15(11)6-10(16)17/h2-5H,6-7H2,1H3,(H,16,17). The molecule has 19 heavy (non-hydrogen) atoms. The van der Waals surface area contributed by atoms with Gasteiger partial charge in [0, 0.05) is 5.75 Å². The van der Waals surface area contributed by atoms with Crippen molar-refractivity contribution in [2.75, 3.05) is 7.11 Å². The minimum atomic E-state index is -0.974. The first kappa shape index (κ1) is 13.3. The summed E-state index contributed by atoms with van der Waals surface area (Å²) in [5, 5.41) is 20.1. The number of rotatable bonds is 6. The van der Waals surface area contributed by atoms with Gasteiger partial charge in [0.2, 0.25) is 5.16 Å². The van der Waals surface area contributed by atoms with E-state index in [0.29, 0.717) is 10.9 Å². The van der Waals surface area contributed by atoms with Gasteiger partial charge in [-0.2, -0.15) is 0 Å². The molecule has 0 spiro atoms. The highest BCUT2D eigenvalue weighted by atomic mass is 32.2. The lowest BCUT2D eigenvalue weighted by Gasteiger charge is -2.03. The smallest absolute Gasteiger partial charge is 0.325 e. The molecule has 0 radical (unpaired) electrons. The Labute approximate surface area is 113 Å². The predicted molar refractivity (Wildman–Crippen MR) is 68.0 cm³/mol. The van der Waals surface area contributed by atoms with Crippen molar-refractivity contribution in [2.45, 2.75) is 17.5 Å². The minimum absolute atomic E-state index is 0.238. The molecule has 0 aliphatic carbocycles. The average molecular weight is 280 g/mol. The van der Waals surface area contributed by atoms with Crippen molar-refractivity contribution in [1.82, 2.24) is 20.2 Å². The highest BCUT2D eigenvalue weighted by Crippen LogP contribution is 2.21. The summed E-state index contributed by atoms with van der Waals surface area (Å²) in [6, 6.07) is 7.63. The van der Waals surface area contributed by atoms with E-state index in [1.54, 1.807) is 7.11 Å². The molecule has 1 aromatic carbocycles. The van der Waals surface area contributed by atoms with E-state index >= 15 is 0 Å². The number of aliphatic carboxylic acids is 1. The van der Waals surface area contributed by atoms with Crippen molar-refractivity contribution in [3.8, 4) is 5.75 Å². The fourth-order valence-electron chi connectivity index (χ4n) is 1.40. The second-order valence-corrected chi connectivity index (χ2v) is 4.59. The number of hydrogen-bond donors (Lipinski definition) is 1. The van der Waals surface area contributed by atoms with Crippen LogP contribution in [-0.4, -0.2) is 38.4 Å². The monoisotopic (exact) mass is 280 g/mol. The molecule has 1 aromatic heterocycles. The van der Waals surface area contributed by atoms with Crippen molar-refractivity contribution in [3.63, 3.8) is 0 Å². The lowest BCUT2D eigenvalue weighted by molar-refractivity contribution is -0.138. The minimum Gasteiger partial charge on any atom is -0.497 e. The van der Waals surface area contributed by atoms with E-state index in [9.17, 15) is 4.79 Å². The Bertz CT molecular complexity index is 555. The first-order chi connectivity index (χ1) is 9.19. The van der Waals surface area contributed by atoms with Gasteiger partial charge < -0.3 is 9.84 Å². The summed E-state index contributed by atoms with van der Waals surface area (Å²) >= 11 is 1.38. The zero-order valence-corrected chi connectivity index (χ0v) is 11.0. The molecule has 2 aromatic rings. The van der Waals surface area contributed by atoms with Gasteiger partial charge in [0.05, 0.1) is 7.11 Å². The van der Waals surface area contributed by atoms with Crippen LogP contribution in [0, 0.1) is 0 Å². The fraction of sp³-hybridized carbons (Fsp3) is 0.273. The van der Waals surface area contributed by atoms with Crippen LogP contribution in [0.5, 0.6) is 5.75 Å². The van der Waals surface area contributed by atoms with Crippen molar-refractivity contribution in [1.29, 1.82) is 0 Å². The number of carboxylic acids is 1. The Kier molecular flexibility index (Phi) is 4.35. The van der Waals surface area contributed by atoms with E-state index in [-0.39, 0.29) is 6.54 Å². The lowest BCUT2D eigenvalue weighted by atomic mass is 10.2. The van der Waals surface area contributed by atoms with Crippen LogP contribution in [0.15, 0.2) is 29.4 Å². The van der Waals surface area contributed by atoms with E-state index < -0.39 is 5.97 Å². The van der Waals surface area contributed by atoms with Gasteiger partial charge in [0.1, 0.15) is 12.3 Å². The normalized spacial score (nSPS) is 10.4. The van der Waals surface area contributed by atoms with Crippen molar-refractivity contribution < 1.29 is 14.6 Å². The second kappa shape index (κ2) is 6.19. The van der Waals surface area contributed by atoms with Gasteiger partial charge in [-0.25, -0.2) is 4.68 Å². The molecule has 0 amide bonds. The quantitative estimate of drug-likeness (QED) is 0.791. The summed E-state index contributed by atoms with van der Waals surface area (Å²) in [7, 11) is 1.61. The number of aromatic nitrogens is 4. The second-order valence-electron chi connectivity index (χ2n) is 3.65. The van der Waals surface area contributed by atoms with Crippen LogP contribution in [0.1, 0.15) is 5.56 Å². The molecule has 0 unspecified atom stereocenters. The first-order valence-electron chi connectivity index (χ1n) is 5.42. The fourth-order valence-corrected chi connectivity index (χ4v) is 2.23. The van der Waals surface area contributed by atoms with E-state index in [1.165, 1.54) is 16.4 Å². The Morgan fingerprint density at radius 2 is 2.16 bits per heavy atom. The van der Waals surface area contributed by atoms with Gasteiger partial charge in [-0.3, -0.25) is 4.79 Å². The molecule has 1 heterocycles. The van der Waals surface area contributed by atoms with E-state index in [2.05, 4.69) is 15.5 Å². The Morgan fingerprint density at radius 1 is 1.42 bits per heavy atom. The summed E-state index contributed by atoms with van der Waals surface area (Å²) in [6.45, 7) is -0.238. The first-order valence-corrected chi connectivity index (χ1v) is 6.41. The SMILES string of the molecule is COc1ccc(CSc2nnnn2CC(=O)O)cc1. The van der Waals surface area contributed by atoms with Crippen LogP contribution in [-0.2, 0) is 17.1 Å². The summed E-state index contributed by atoms with van der Waals surface area (Å²) < 4.78 is 6.33. The van der Waals surface area contributed by atoms with Crippen LogP contribution in [0.3, 0.4) is 0 Å². The molecule has 100 valence electrons.